The molecule has 0 spiro atoms. The minimum Gasteiger partial charge on any atom is -0.472 e. The average Bonchev–Trinajstić information content (AvgIpc) is 2.75. The molecular weight excluding hydrogens is 176 g/mol. The van der Waals surface area contributed by atoms with E-state index < -0.39 is 0 Å². The molecule has 3 nitrogen and oxygen atoms in total. The molecule has 2 rings (SSSR count). The molecule has 0 bridgehead atoms. The van der Waals surface area contributed by atoms with Crippen LogP contribution in [-0.2, 0) is 6.54 Å². The van der Waals surface area contributed by atoms with Gasteiger partial charge >= 0.3 is 0 Å². The fourth-order valence-corrected chi connectivity index (χ4v) is 1.63. The molecule has 0 atom stereocenters. The first kappa shape index (κ1) is 9.29. The van der Waals surface area contributed by atoms with E-state index in [1.165, 1.54) is 12.8 Å². The fourth-order valence-electron chi connectivity index (χ4n) is 1.63. The van der Waals surface area contributed by atoms with Crippen molar-refractivity contribution in [2.24, 2.45) is 5.41 Å². The van der Waals surface area contributed by atoms with Crippen LogP contribution >= 0.6 is 0 Å². The number of hydrogen-bond acceptors (Lipinski definition) is 3. The summed E-state index contributed by atoms with van der Waals surface area (Å²) in [6, 6.07) is 4.21. The first-order valence-corrected chi connectivity index (χ1v) is 4.93. The summed E-state index contributed by atoms with van der Waals surface area (Å²) in [4.78, 5) is 0. The highest BCUT2D eigenvalue weighted by molar-refractivity contribution is 5.06. The Morgan fingerprint density at radius 2 is 2.43 bits per heavy atom. The van der Waals surface area contributed by atoms with Gasteiger partial charge < -0.3 is 9.73 Å². The largest absolute Gasteiger partial charge is 0.472 e. The van der Waals surface area contributed by atoms with Crippen LogP contribution in [0.15, 0.2) is 23.0 Å². The molecule has 0 amide bonds. The van der Waals surface area contributed by atoms with Gasteiger partial charge in [0.05, 0.1) is 18.6 Å². The van der Waals surface area contributed by atoms with Crippen LogP contribution in [0.2, 0.25) is 0 Å². The molecule has 1 aromatic rings. The molecule has 0 aromatic carbocycles. The van der Waals surface area contributed by atoms with Crippen molar-refractivity contribution in [1.29, 1.82) is 5.26 Å². The molecule has 1 saturated carbocycles. The molecule has 1 heterocycles. The van der Waals surface area contributed by atoms with Crippen LogP contribution in [0.4, 0.5) is 0 Å². The SMILES string of the molecule is N#CCC1(CNCc2ccoc2)CC1. The van der Waals surface area contributed by atoms with E-state index in [2.05, 4.69) is 11.4 Å². The minimum atomic E-state index is 0.290. The second-order valence-corrected chi connectivity index (χ2v) is 4.07. The topological polar surface area (TPSA) is 49.0 Å². The molecule has 14 heavy (non-hydrogen) atoms. The summed E-state index contributed by atoms with van der Waals surface area (Å²) >= 11 is 0. The molecular formula is C11H14N2O. The van der Waals surface area contributed by atoms with Crippen LogP contribution < -0.4 is 5.32 Å². The lowest BCUT2D eigenvalue weighted by molar-refractivity contribution is 0.465. The van der Waals surface area contributed by atoms with Gasteiger partial charge in [0.2, 0.25) is 0 Å². The summed E-state index contributed by atoms with van der Waals surface area (Å²) in [6.45, 7) is 1.79. The zero-order chi connectivity index (χ0) is 9.86. The first-order chi connectivity index (χ1) is 6.85. The Labute approximate surface area is 83.7 Å². The molecule has 1 aliphatic carbocycles. The minimum absolute atomic E-state index is 0.290. The van der Waals surface area contributed by atoms with E-state index in [-0.39, 0.29) is 0 Å². The lowest BCUT2D eigenvalue weighted by Gasteiger charge is -2.10. The molecule has 1 fully saturated rings. The van der Waals surface area contributed by atoms with Crippen molar-refractivity contribution in [2.75, 3.05) is 6.54 Å². The molecule has 1 aromatic heterocycles. The van der Waals surface area contributed by atoms with Gasteiger partial charge in [-0.3, -0.25) is 0 Å². The van der Waals surface area contributed by atoms with Crippen molar-refractivity contribution in [2.45, 2.75) is 25.8 Å². The first-order valence-electron chi connectivity index (χ1n) is 4.93. The quantitative estimate of drug-likeness (QED) is 0.773. The van der Waals surface area contributed by atoms with Gasteiger partial charge in [-0.1, -0.05) is 0 Å². The summed E-state index contributed by atoms with van der Waals surface area (Å²) in [5, 5.41) is 12.0. The maximum absolute atomic E-state index is 8.63. The molecule has 74 valence electrons. The standard InChI is InChI=1S/C11H14N2O/c12-5-4-11(2-3-11)9-13-7-10-1-6-14-8-10/h1,6,8,13H,2-4,7,9H2. The molecule has 0 radical (unpaired) electrons. The van der Waals surface area contributed by atoms with Crippen molar-refractivity contribution in [3.05, 3.63) is 24.2 Å². The zero-order valence-electron chi connectivity index (χ0n) is 8.12. The summed E-state index contributed by atoms with van der Waals surface area (Å²) in [5.74, 6) is 0. The Balaban J connectivity index is 1.71. The van der Waals surface area contributed by atoms with Crippen LogP contribution in [0.25, 0.3) is 0 Å². The van der Waals surface area contributed by atoms with Crippen LogP contribution in [0.5, 0.6) is 0 Å². The summed E-state index contributed by atoms with van der Waals surface area (Å²) < 4.78 is 4.97. The van der Waals surface area contributed by atoms with Gasteiger partial charge in [-0.15, -0.1) is 0 Å². The smallest absolute Gasteiger partial charge is 0.0947 e. The third kappa shape index (κ3) is 2.15. The highest BCUT2D eigenvalue weighted by Crippen LogP contribution is 2.47. The van der Waals surface area contributed by atoms with E-state index in [0.717, 1.165) is 18.7 Å². The molecule has 1 N–H and O–H groups in total. The maximum atomic E-state index is 8.63. The van der Waals surface area contributed by atoms with E-state index in [4.69, 9.17) is 9.68 Å². The molecule has 0 aliphatic heterocycles. The number of nitrogens with zero attached hydrogens (tertiary/aromatic N) is 1. The van der Waals surface area contributed by atoms with Crippen LogP contribution in [-0.4, -0.2) is 6.54 Å². The predicted octanol–water partition coefficient (Wildman–Crippen LogP) is 2.06. The van der Waals surface area contributed by atoms with E-state index >= 15 is 0 Å². The van der Waals surface area contributed by atoms with Gasteiger partial charge in [-0.2, -0.15) is 5.26 Å². The van der Waals surface area contributed by atoms with E-state index in [9.17, 15) is 0 Å². The van der Waals surface area contributed by atoms with Gasteiger partial charge in [0.25, 0.3) is 0 Å². The predicted molar refractivity (Wildman–Crippen MR) is 52.3 cm³/mol. The average molecular weight is 190 g/mol. The lowest BCUT2D eigenvalue weighted by atomic mass is 10.0. The van der Waals surface area contributed by atoms with Gasteiger partial charge in [-0.25, -0.2) is 0 Å². The molecule has 3 heteroatoms. The second-order valence-electron chi connectivity index (χ2n) is 4.07. The summed E-state index contributed by atoms with van der Waals surface area (Å²) in [6.07, 6.45) is 6.50. The molecule has 1 aliphatic rings. The highest BCUT2D eigenvalue weighted by atomic mass is 16.3. The van der Waals surface area contributed by atoms with E-state index in [1.54, 1.807) is 12.5 Å². The zero-order valence-corrected chi connectivity index (χ0v) is 8.12. The Bertz CT molecular complexity index is 320. The number of hydrogen-bond donors (Lipinski definition) is 1. The van der Waals surface area contributed by atoms with Crippen LogP contribution in [0.1, 0.15) is 24.8 Å². The molecule has 0 saturated heterocycles. The third-order valence-electron chi connectivity index (χ3n) is 2.82. The highest BCUT2D eigenvalue weighted by Gasteiger charge is 2.41. The Morgan fingerprint density at radius 3 is 3.00 bits per heavy atom. The monoisotopic (exact) mass is 190 g/mol. The van der Waals surface area contributed by atoms with Crippen LogP contribution in [0, 0.1) is 16.7 Å². The normalized spacial score (nSPS) is 17.6. The lowest BCUT2D eigenvalue weighted by Crippen LogP contribution is -2.23. The second kappa shape index (κ2) is 3.85. The van der Waals surface area contributed by atoms with E-state index in [1.807, 2.05) is 6.07 Å². The van der Waals surface area contributed by atoms with Crippen molar-refractivity contribution in [1.82, 2.24) is 5.32 Å². The van der Waals surface area contributed by atoms with Gasteiger partial charge in [0, 0.05) is 25.1 Å². The maximum Gasteiger partial charge on any atom is 0.0947 e. The number of nitrogens with one attached hydrogen (secondary N) is 1. The van der Waals surface area contributed by atoms with Gasteiger partial charge in [-0.05, 0) is 24.3 Å². The number of furan rings is 1. The van der Waals surface area contributed by atoms with Crippen molar-refractivity contribution >= 4 is 0 Å². The van der Waals surface area contributed by atoms with Crippen molar-refractivity contribution in [3.8, 4) is 6.07 Å². The van der Waals surface area contributed by atoms with E-state index in [0.29, 0.717) is 11.8 Å². The van der Waals surface area contributed by atoms with Crippen LogP contribution in [0.3, 0.4) is 0 Å². The van der Waals surface area contributed by atoms with Crippen molar-refractivity contribution < 1.29 is 4.42 Å². The number of rotatable bonds is 5. The Kier molecular flexibility index (Phi) is 2.55. The fraction of sp³-hybridized carbons (Fsp3) is 0.545. The Hall–Kier alpha value is -1.27. The van der Waals surface area contributed by atoms with Gasteiger partial charge in [0.15, 0.2) is 0 Å². The summed E-state index contributed by atoms with van der Waals surface area (Å²) in [5.41, 5.74) is 1.45. The third-order valence-corrected chi connectivity index (χ3v) is 2.82. The van der Waals surface area contributed by atoms with Crippen molar-refractivity contribution in [3.63, 3.8) is 0 Å². The molecule has 0 unspecified atom stereocenters. The Morgan fingerprint density at radius 1 is 1.57 bits per heavy atom. The number of nitriles is 1. The summed E-state index contributed by atoms with van der Waals surface area (Å²) in [7, 11) is 0. The van der Waals surface area contributed by atoms with Gasteiger partial charge in [0.1, 0.15) is 0 Å².